The highest BCUT2D eigenvalue weighted by Crippen LogP contribution is 2.32. The molecular weight excluding hydrogens is 338 g/mol. The molecule has 0 saturated carbocycles. The summed E-state index contributed by atoms with van der Waals surface area (Å²) in [6.45, 7) is 1.05. The molecule has 0 atom stereocenters. The standard InChI is InChI=1S/C14H15N3O4S2/c1-22-8-13-16-17-14(21-13)23-7-12(18)15-9-2-3-10-11(6-9)20-5-4-19-10/h2-3,6H,4-5,7-8H2,1H3,(H,15,18). The number of fused-ring (bicyclic) bond motifs is 1. The van der Waals surface area contributed by atoms with Crippen molar-refractivity contribution in [3.8, 4) is 11.5 Å². The number of hydrogen-bond donors (Lipinski definition) is 1. The Morgan fingerprint density at radius 1 is 1.26 bits per heavy atom. The number of thioether (sulfide) groups is 2. The minimum atomic E-state index is -0.156. The molecule has 23 heavy (non-hydrogen) atoms. The fraction of sp³-hybridized carbons (Fsp3) is 0.357. The molecule has 0 fully saturated rings. The van der Waals surface area contributed by atoms with Crippen LogP contribution in [0.25, 0.3) is 0 Å². The van der Waals surface area contributed by atoms with Gasteiger partial charge in [0.1, 0.15) is 13.2 Å². The van der Waals surface area contributed by atoms with E-state index in [9.17, 15) is 4.79 Å². The molecule has 2 heterocycles. The van der Waals surface area contributed by atoms with Crippen LogP contribution < -0.4 is 14.8 Å². The molecule has 2 aromatic rings. The molecule has 1 N–H and O–H groups in total. The lowest BCUT2D eigenvalue weighted by molar-refractivity contribution is -0.113. The number of nitrogens with one attached hydrogen (secondary N) is 1. The van der Waals surface area contributed by atoms with Crippen LogP contribution in [0.3, 0.4) is 0 Å². The van der Waals surface area contributed by atoms with E-state index in [0.29, 0.717) is 47.3 Å². The van der Waals surface area contributed by atoms with Crippen molar-refractivity contribution >= 4 is 35.1 Å². The van der Waals surface area contributed by atoms with Crippen LogP contribution in [-0.4, -0.2) is 41.3 Å². The summed E-state index contributed by atoms with van der Waals surface area (Å²) in [5.41, 5.74) is 0.661. The van der Waals surface area contributed by atoms with E-state index in [4.69, 9.17) is 13.9 Å². The SMILES string of the molecule is CSCc1nnc(SCC(=O)Nc2ccc3c(c2)OCCO3)o1. The maximum Gasteiger partial charge on any atom is 0.277 e. The molecular formula is C14H15N3O4S2. The summed E-state index contributed by atoms with van der Waals surface area (Å²) in [4.78, 5) is 12.0. The summed E-state index contributed by atoms with van der Waals surface area (Å²) >= 11 is 2.80. The van der Waals surface area contributed by atoms with Crippen LogP contribution in [0.5, 0.6) is 11.5 Å². The maximum atomic E-state index is 12.0. The Balaban J connectivity index is 1.52. The number of ether oxygens (including phenoxy) is 2. The Hall–Kier alpha value is -1.87. The first kappa shape index (κ1) is 16.0. The molecule has 9 heteroatoms. The largest absolute Gasteiger partial charge is 0.486 e. The zero-order valence-electron chi connectivity index (χ0n) is 12.4. The second-order valence-electron chi connectivity index (χ2n) is 4.59. The predicted octanol–water partition coefficient (Wildman–Crippen LogP) is 2.43. The van der Waals surface area contributed by atoms with E-state index in [1.165, 1.54) is 11.8 Å². The van der Waals surface area contributed by atoms with E-state index < -0.39 is 0 Å². The average molecular weight is 353 g/mol. The Morgan fingerprint density at radius 3 is 2.91 bits per heavy atom. The number of aromatic nitrogens is 2. The van der Waals surface area contributed by atoms with E-state index in [2.05, 4.69) is 15.5 Å². The van der Waals surface area contributed by atoms with Gasteiger partial charge in [0.25, 0.3) is 5.22 Å². The van der Waals surface area contributed by atoms with E-state index in [1.807, 2.05) is 6.26 Å². The summed E-state index contributed by atoms with van der Waals surface area (Å²) in [6.07, 6.45) is 1.96. The van der Waals surface area contributed by atoms with Gasteiger partial charge in [-0.2, -0.15) is 11.8 Å². The van der Waals surface area contributed by atoms with E-state index in [0.717, 1.165) is 0 Å². The minimum Gasteiger partial charge on any atom is -0.486 e. The normalized spacial score (nSPS) is 12.9. The molecule has 1 amide bonds. The number of rotatable bonds is 6. The van der Waals surface area contributed by atoms with Gasteiger partial charge in [0.2, 0.25) is 11.8 Å². The van der Waals surface area contributed by atoms with Gasteiger partial charge in [0, 0.05) is 11.8 Å². The first-order chi connectivity index (χ1) is 11.2. The third kappa shape index (κ3) is 4.32. The third-order valence-corrected chi connectivity index (χ3v) is 4.22. The number of benzene rings is 1. The number of nitrogens with zero attached hydrogens (tertiary/aromatic N) is 2. The molecule has 1 aliphatic rings. The quantitative estimate of drug-likeness (QED) is 0.793. The van der Waals surface area contributed by atoms with Crippen molar-refractivity contribution in [1.82, 2.24) is 10.2 Å². The van der Waals surface area contributed by atoms with Gasteiger partial charge in [-0.25, -0.2) is 0 Å². The van der Waals surface area contributed by atoms with Crippen molar-refractivity contribution in [2.45, 2.75) is 11.0 Å². The van der Waals surface area contributed by atoms with Crippen LogP contribution in [-0.2, 0) is 10.5 Å². The summed E-state index contributed by atoms with van der Waals surface area (Å²) in [6, 6.07) is 5.31. The van der Waals surface area contributed by atoms with Gasteiger partial charge in [0.15, 0.2) is 11.5 Å². The number of anilines is 1. The number of hydrogen-bond acceptors (Lipinski definition) is 8. The minimum absolute atomic E-state index is 0.156. The summed E-state index contributed by atoms with van der Waals surface area (Å²) in [7, 11) is 0. The van der Waals surface area contributed by atoms with E-state index in [1.54, 1.807) is 30.0 Å². The molecule has 3 rings (SSSR count). The van der Waals surface area contributed by atoms with Crippen LogP contribution in [0.15, 0.2) is 27.8 Å². The monoisotopic (exact) mass is 353 g/mol. The Morgan fingerprint density at radius 2 is 2.09 bits per heavy atom. The lowest BCUT2D eigenvalue weighted by Gasteiger charge is -2.18. The highest BCUT2D eigenvalue weighted by atomic mass is 32.2. The fourth-order valence-electron chi connectivity index (χ4n) is 1.92. The van der Waals surface area contributed by atoms with E-state index >= 15 is 0 Å². The smallest absolute Gasteiger partial charge is 0.277 e. The summed E-state index contributed by atoms with van der Waals surface area (Å²) < 4.78 is 16.3. The molecule has 0 radical (unpaired) electrons. The highest BCUT2D eigenvalue weighted by molar-refractivity contribution is 7.99. The highest BCUT2D eigenvalue weighted by Gasteiger charge is 2.14. The third-order valence-electron chi connectivity index (χ3n) is 2.87. The van der Waals surface area contributed by atoms with Crippen molar-refractivity contribution in [3.63, 3.8) is 0 Å². The molecule has 0 saturated heterocycles. The molecule has 0 unspecified atom stereocenters. The van der Waals surface area contributed by atoms with Gasteiger partial charge in [-0.1, -0.05) is 11.8 Å². The predicted molar refractivity (Wildman–Crippen MR) is 88.3 cm³/mol. The molecule has 1 aliphatic heterocycles. The summed E-state index contributed by atoms with van der Waals surface area (Å²) in [5.74, 6) is 2.59. The number of carbonyl (C=O) groups is 1. The van der Waals surface area contributed by atoms with Gasteiger partial charge in [-0.05, 0) is 18.4 Å². The van der Waals surface area contributed by atoms with Crippen molar-refractivity contribution in [1.29, 1.82) is 0 Å². The van der Waals surface area contributed by atoms with Gasteiger partial charge < -0.3 is 19.2 Å². The van der Waals surface area contributed by atoms with Crippen molar-refractivity contribution in [2.24, 2.45) is 0 Å². The summed E-state index contributed by atoms with van der Waals surface area (Å²) in [5, 5.41) is 11.0. The molecule has 0 aliphatic carbocycles. The van der Waals surface area contributed by atoms with Crippen LogP contribution in [0, 0.1) is 0 Å². The molecule has 1 aromatic carbocycles. The van der Waals surface area contributed by atoms with Gasteiger partial charge in [-0.3, -0.25) is 4.79 Å². The van der Waals surface area contributed by atoms with Crippen molar-refractivity contribution < 1.29 is 18.7 Å². The lowest BCUT2D eigenvalue weighted by atomic mass is 10.2. The van der Waals surface area contributed by atoms with Gasteiger partial charge >= 0.3 is 0 Å². The average Bonchev–Trinajstić information content (AvgIpc) is 3.01. The van der Waals surface area contributed by atoms with Crippen molar-refractivity contribution in [2.75, 3.05) is 30.5 Å². The first-order valence-electron chi connectivity index (χ1n) is 6.88. The van der Waals surface area contributed by atoms with Crippen molar-refractivity contribution in [3.05, 3.63) is 24.1 Å². The Kier molecular flexibility index (Phi) is 5.29. The zero-order chi connectivity index (χ0) is 16.1. The molecule has 0 spiro atoms. The molecule has 0 bridgehead atoms. The second-order valence-corrected chi connectivity index (χ2v) is 6.38. The number of carbonyl (C=O) groups excluding carboxylic acids is 1. The fourth-order valence-corrected chi connectivity index (χ4v) is 2.87. The van der Waals surface area contributed by atoms with E-state index in [-0.39, 0.29) is 11.7 Å². The van der Waals surface area contributed by atoms with Crippen LogP contribution >= 0.6 is 23.5 Å². The van der Waals surface area contributed by atoms with Crippen LogP contribution in [0.2, 0.25) is 0 Å². The zero-order valence-corrected chi connectivity index (χ0v) is 14.0. The topological polar surface area (TPSA) is 86.5 Å². The van der Waals surface area contributed by atoms with Gasteiger partial charge in [0.05, 0.1) is 11.5 Å². The van der Waals surface area contributed by atoms with Crippen LogP contribution in [0.1, 0.15) is 5.89 Å². The molecule has 1 aromatic heterocycles. The maximum absolute atomic E-state index is 12.0. The van der Waals surface area contributed by atoms with Gasteiger partial charge in [-0.15, -0.1) is 10.2 Å². The Labute approximate surface area is 141 Å². The second kappa shape index (κ2) is 7.60. The lowest BCUT2D eigenvalue weighted by Crippen LogP contribution is -2.17. The molecule has 122 valence electrons. The Bertz CT molecular complexity index is 692. The number of amides is 1. The first-order valence-corrected chi connectivity index (χ1v) is 9.26. The molecule has 7 nitrogen and oxygen atoms in total. The van der Waals surface area contributed by atoms with Crippen LogP contribution in [0.4, 0.5) is 5.69 Å².